The van der Waals surface area contributed by atoms with Crippen LogP contribution in [0, 0.1) is 0 Å². The maximum atomic E-state index is 11.2. The molecule has 16 heavy (non-hydrogen) atoms. The molecular weight excluding hydrogens is 230 g/mol. The molecule has 6 heteroatoms. The van der Waals surface area contributed by atoms with Crippen molar-refractivity contribution in [3.63, 3.8) is 0 Å². The van der Waals surface area contributed by atoms with E-state index in [4.69, 9.17) is 4.74 Å². The van der Waals surface area contributed by atoms with Crippen molar-refractivity contribution in [3.05, 3.63) is 24.3 Å². The van der Waals surface area contributed by atoms with Crippen LogP contribution in [-0.4, -0.2) is 22.7 Å². The summed E-state index contributed by atoms with van der Waals surface area (Å²) in [6.07, 6.45) is -0.378. The number of quaternary nitrogens is 1. The Hall–Kier alpha value is -1.59. The minimum Gasteiger partial charge on any atom is -1.00 e. The number of amides is 1. The summed E-state index contributed by atoms with van der Waals surface area (Å²) in [5.74, 6) is 0.523. The molecule has 0 saturated carbocycles. The third-order valence-electron chi connectivity index (χ3n) is 1.95. The fourth-order valence-corrected chi connectivity index (χ4v) is 1.34. The average molecular weight is 242 g/mol. The number of fused-ring (bicyclic) bond motifs is 1. The summed E-state index contributed by atoms with van der Waals surface area (Å²) in [7, 11) is 0. The Balaban J connectivity index is 0.00000128. The van der Waals surface area contributed by atoms with E-state index in [9.17, 15) is 4.79 Å². The highest BCUT2D eigenvalue weighted by atomic mass is 35.5. The van der Waals surface area contributed by atoms with Gasteiger partial charge in [-0.25, -0.2) is 0 Å². The molecule has 1 amide bonds. The van der Waals surface area contributed by atoms with Gasteiger partial charge in [0.15, 0.2) is 0 Å². The second kappa shape index (κ2) is 5.48. The maximum Gasteiger partial charge on any atom is 0.520 e. The van der Waals surface area contributed by atoms with E-state index in [-0.39, 0.29) is 18.5 Å². The van der Waals surface area contributed by atoms with Gasteiger partial charge in [0.1, 0.15) is 0 Å². The van der Waals surface area contributed by atoms with Gasteiger partial charge in [-0.3, -0.25) is 4.98 Å². The second-order valence-electron chi connectivity index (χ2n) is 3.04. The number of halogens is 1. The molecule has 1 heterocycles. The zero-order valence-corrected chi connectivity index (χ0v) is 9.49. The van der Waals surface area contributed by atoms with Crippen molar-refractivity contribution in [2.45, 2.75) is 6.92 Å². The Morgan fingerprint density at radius 2 is 2.25 bits per heavy atom. The van der Waals surface area contributed by atoms with Crippen LogP contribution in [0.4, 0.5) is 10.7 Å². The van der Waals surface area contributed by atoms with E-state index >= 15 is 0 Å². The largest absolute Gasteiger partial charge is 1.00 e. The number of aromatic amines is 1. The Morgan fingerprint density at radius 3 is 2.94 bits per heavy atom. The highest BCUT2D eigenvalue weighted by molar-refractivity contribution is 5.76. The van der Waals surface area contributed by atoms with Crippen molar-refractivity contribution >= 4 is 23.1 Å². The summed E-state index contributed by atoms with van der Waals surface area (Å²) in [4.78, 5) is 18.4. The number of H-pyrrole nitrogens is 1. The molecule has 2 rings (SSSR count). The number of carbonyl (C=O) groups is 1. The number of carbonyl (C=O) groups excluding carboxylic acids is 1. The quantitative estimate of drug-likeness (QED) is 0.634. The molecular formula is C10H12ClN3O2. The first-order valence-corrected chi connectivity index (χ1v) is 4.76. The lowest BCUT2D eigenvalue weighted by atomic mass is 10.3. The molecule has 0 aliphatic carbocycles. The van der Waals surface area contributed by atoms with Crippen LogP contribution >= 0.6 is 0 Å². The van der Waals surface area contributed by atoms with Crippen LogP contribution in [0.15, 0.2) is 24.3 Å². The van der Waals surface area contributed by atoms with Gasteiger partial charge >= 0.3 is 12.0 Å². The van der Waals surface area contributed by atoms with Crippen LogP contribution < -0.4 is 17.7 Å². The minimum absolute atomic E-state index is 0. The van der Waals surface area contributed by atoms with Crippen LogP contribution in [0.2, 0.25) is 0 Å². The van der Waals surface area contributed by atoms with E-state index in [1.807, 2.05) is 24.3 Å². The van der Waals surface area contributed by atoms with E-state index in [0.29, 0.717) is 12.6 Å². The number of para-hydroxylation sites is 2. The Kier molecular flexibility index (Phi) is 4.28. The summed E-state index contributed by atoms with van der Waals surface area (Å²) < 4.78 is 4.79. The maximum absolute atomic E-state index is 11.2. The molecule has 0 aliphatic heterocycles. The molecule has 86 valence electrons. The molecule has 0 atom stereocenters. The number of benzene rings is 1. The van der Waals surface area contributed by atoms with Gasteiger partial charge in [0.25, 0.3) is 0 Å². The number of nitrogens with one attached hydrogen (secondary N) is 1. The molecule has 1 aromatic heterocycles. The lowest BCUT2D eigenvalue weighted by molar-refractivity contribution is -0.490. The van der Waals surface area contributed by atoms with E-state index in [1.165, 1.54) is 5.32 Å². The fraction of sp³-hybridized carbons (Fsp3) is 0.200. The SMILES string of the molecule is CCOC(=O)[NH2+]c1nc2ccccc2[nH]1.[Cl-]. The monoisotopic (exact) mass is 241 g/mol. The van der Waals surface area contributed by atoms with Crippen LogP contribution in [0.5, 0.6) is 0 Å². The summed E-state index contributed by atoms with van der Waals surface area (Å²) in [5.41, 5.74) is 1.75. The van der Waals surface area contributed by atoms with Gasteiger partial charge in [0.05, 0.1) is 17.6 Å². The van der Waals surface area contributed by atoms with Crippen molar-refractivity contribution in [2.75, 3.05) is 6.61 Å². The molecule has 0 saturated heterocycles. The molecule has 5 nitrogen and oxygen atoms in total. The smallest absolute Gasteiger partial charge is 0.520 e. The van der Waals surface area contributed by atoms with Crippen LogP contribution in [0.3, 0.4) is 0 Å². The normalized spacial score (nSPS) is 9.81. The van der Waals surface area contributed by atoms with Gasteiger partial charge in [-0.05, 0) is 19.1 Å². The van der Waals surface area contributed by atoms with E-state index in [2.05, 4.69) is 9.97 Å². The number of imidazole rings is 1. The van der Waals surface area contributed by atoms with Crippen molar-refractivity contribution in [1.29, 1.82) is 0 Å². The molecule has 0 bridgehead atoms. The van der Waals surface area contributed by atoms with Gasteiger partial charge in [0, 0.05) is 0 Å². The third-order valence-corrected chi connectivity index (χ3v) is 1.95. The molecule has 0 unspecified atom stereocenters. The Morgan fingerprint density at radius 1 is 1.50 bits per heavy atom. The summed E-state index contributed by atoms with van der Waals surface area (Å²) >= 11 is 0. The first kappa shape index (κ1) is 12.5. The number of nitrogens with two attached hydrogens (primary N) is 1. The summed E-state index contributed by atoms with van der Waals surface area (Å²) in [6, 6.07) is 7.60. The zero-order valence-electron chi connectivity index (χ0n) is 8.74. The number of aromatic nitrogens is 2. The fourth-order valence-electron chi connectivity index (χ4n) is 1.34. The molecule has 0 spiro atoms. The van der Waals surface area contributed by atoms with Gasteiger partial charge in [0.2, 0.25) is 0 Å². The molecule has 2 aromatic rings. The molecule has 0 radical (unpaired) electrons. The predicted molar refractivity (Wildman–Crippen MR) is 54.7 cm³/mol. The summed E-state index contributed by atoms with van der Waals surface area (Å²) in [5, 5.41) is 1.35. The summed E-state index contributed by atoms with van der Waals surface area (Å²) in [6.45, 7) is 2.14. The number of nitrogens with zero attached hydrogens (tertiary/aromatic N) is 1. The lowest BCUT2D eigenvalue weighted by Crippen LogP contribution is -3.00. The number of primary amides is 1. The number of ether oxygens (including phenoxy) is 1. The Labute approximate surface area is 98.6 Å². The van der Waals surface area contributed by atoms with E-state index in [0.717, 1.165) is 11.0 Å². The van der Waals surface area contributed by atoms with Gasteiger partial charge in [-0.15, -0.1) is 0 Å². The first-order chi connectivity index (χ1) is 7.29. The van der Waals surface area contributed by atoms with Gasteiger partial charge in [-0.2, -0.15) is 15.1 Å². The highest BCUT2D eigenvalue weighted by Gasteiger charge is 2.12. The van der Waals surface area contributed by atoms with Crippen molar-refractivity contribution in [3.8, 4) is 0 Å². The number of rotatable bonds is 2. The number of hydrogen-bond acceptors (Lipinski definition) is 3. The highest BCUT2D eigenvalue weighted by Crippen LogP contribution is 2.09. The van der Waals surface area contributed by atoms with Crippen LogP contribution in [0.25, 0.3) is 11.0 Å². The van der Waals surface area contributed by atoms with Crippen molar-refractivity contribution in [1.82, 2.24) is 9.97 Å². The topological polar surface area (TPSA) is 71.6 Å². The predicted octanol–water partition coefficient (Wildman–Crippen LogP) is -2.08. The third kappa shape index (κ3) is 2.71. The second-order valence-corrected chi connectivity index (χ2v) is 3.04. The zero-order chi connectivity index (χ0) is 10.7. The first-order valence-electron chi connectivity index (χ1n) is 4.76. The van der Waals surface area contributed by atoms with E-state index < -0.39 is 0 Å². The van der Waals surface area contributed by atoms with Gasteiger partial charge < -0.3 is 17.1 Å². The van der Waals surface area contributed by atoms with E-state index in [1.54, 1.807) is 6.92 Å². The minimum atomic E-state index is -0.378. The molecule has 3 N–H and O–H groups in total. The molecule has 1 aromatic carbocycles. The van der Waals surface area contributed by atoms with Crippen molar-refractivity contribution in [2.24, 2.45) is 0 Å². The van der Waals surface area contributed by atoms with Crippen LogP contribution in [-0.2, 0) is 4.74 Å². The van der Waals surface area contributed by atoms with Crippen LogP contribution in [0.1, 0.15) is 6.92 Å². The lowest BCUT2D eigenvalue weighted by Gasteiger charge is -1.94. The standard InChI is InChI=1S/C10H11N3O2.ClH/c1-2-15-10(14)13-9-11-7-5-3-4-6-8(7)12-9;/h3-6H,2H2,1H3,(H2,11,12,13,14);1H. The number of hydrogen-bond donors (Lipinski definition) is 2. The molecule has 0 aliphatic rings. The van der Waals surface area contributed by atoms with Gasteiger partial charge in [-0.1, -0.05) is 12.1 Å². The Bertz CT molecular complexity index is 451. The molecule has 0 fully saturated rings. The van der Waals surface area contributed by atoms with Crippen molar-refractivity contribution < 1.29 is 27.3 Å². The average Bonchev–Trinajstić information content (AvgIpc) is 2.59.